The van der Waals surface area contributed by atoms with Gasteiger partial charge in [-0.1, -0.05) is 91.0 Å². The van der Waals surface area contributed by atoms with Gasteiger partial charge < -0.3 is 9.13 Å². The third-order valence-electron chi connectivity index (χ3n) is 9.38. The highest BCUT2D eigenvalue weighted by Gasteiger charge is 2.19. The summed E-state index contributed by atoms with van der Waals surface area (Å²) in [6.45, 7) is 0. The SMILES string of the molecule is N#Cc1cccc(-n2c3ccccc3c3cc(-c4ccccc4-c4ccccc4-n4c5ccccc5c5cc(C#N)ccc54)ccc32)c1. The molecule has 0 radical (unpaired) electrons. The van der Waals surface area contributed by atoms with Crippen molar-refractivity contribution in [1.29, 1.82) is 10.5 Å². The Morgan fingerprint density at radius 3 is 1.71 bits per heavy atom. The number of aromatic nitrogens is 2. The maximum Gasteiger partial charge on any atom is 0.0992 e. The van der Waals surface area contributed by atoms with E-state index in [4.69, 9.17) is 0 Å². The minimum absolute atomic E-state index is 0.636. The first-order valence-electron chi connectivity index (χ1n) is 15.9. The molecule has 9 aromatic rings. The number of nitriles is 2. The summed E-state index contributed by atoms with van der Waals surface area (Å²) in [5, 5.41) is 23.8. The van der Waals surface area contributed by atoms with E-state index < -0.39 is 0 Å². The molecule has 9 rings (SSSR count). The van der Waals surface area contributed by atoms with E-state index in [1.165, 1.54) is 0 Å². The predicted octanol–water partition coefficient (Wildman–Crippen LogP) is 11.0. The molecular weight excluding hydrogens is 585 g/mol. The molecule has 0 fully saturated rings. The second kappa shape index (κ2) is 10.9. The van der Waals surface area contributed by atoms with E-state index in [1.54, 1.807) is 0 Å². The quantitative estimate of drug-likeness (QED) is 0.199. The summed E-state index contributed by atoms with van der Waals surface area (Å²) >= 11 is 0. The number of rotatable bonds is 4. The molecule has 0 spiro atoms. The number of hydrogen-bond donors (Lipinski definition) is 0. The number of nitrogens with zero attached hydrogens (tertiary/aromatic N) is 4. The predicted molar refractivity (Wildman–Crippen MR) is 195 cm³/mol. The third kappa shape index (κ3) is 4.14. The highest BCUT2D eigenvalue weighted by Crippen LogP contribution is 2.41. The lowest BCUT2D eigenvalue weighted by Gasteiger charge is -2.17. The van der Waals surface area contributed by atoms with Gasteiger partial charge in [-0.3, -0.25) is 0 Å². The van der Waals surface area contributed by atoms with E-state index >= 15 is 0 Å². The Morgan fingerprint density at radius 1 is 0.375 bits per heavy atom. The van der Waals surface area contributed by atoms with Gasteiger partial charge in [-0.2, -0.15) is 10.5 Å². The third-order valence-corrected chi connectivity index (χ3v) is 9.38. The van der Waals surface area contributed by atoms with Gasteiger partial charge in [0.2, 0.25) is 0 Å². The molecule has 0 aliphatic rings. The summed E-state index contributed by atoms with van der Waals surface area (Å²) < 4.78 is 4.57. The van der Waals surface area contributed by atoms with Crippen LogP contribution in [0.2, 0.25) is 0 Å². The fraction of sp³-hybridized carbons (Fsp3) is 0. The van der Waals surface area contributed by atoms with Gasteiger partial charge in [0.15, 0.2) is 0 Å². The zero-order valence-corrected chi connectivity index (χ0v) is 25.8. The molecule has 2 aromatic heterocycles. The van der Waals surface area contributed by atoms with Crippen molar-refractivity contribution in [2.75, 3.05) is 0 Å². The number of hydrogen-bond acceptors (Lipinski definition) is 2. The van der Waals surface area contributed by atoms with Gasteiger partial charge in [-0.15, -0.1) is 0 Å². The Balaban J connectivity index is 1.27. The fourth-order valence-electron chi connectivity index (χ4n) is 7.30. The first-order valence-corrected chi connectivity index (χ1v) is 15.9. The van der Waals surface area contributed by atoms with E-state index in [0.29, 0.717) is 11.1 Å². The Hall–Kier alpha value is -6.88. The summed E-state index contributed by atoms with van der Waals surface area (Å²) in [6.07, 6.45) is 0. The molecule has 0 amide bonds. The Morgan fingerprint density at radius 2 is 0.938 bits per heavy atom. The van der Waals surface area contributed by atoms with Crippen LogP contribution < -0.4 is 0 Å². The molecule has 4 nitrogen and oxygen atoms in total. The van der Waals surface area contributed by atoms with Gasteiger partial charge in [0.05, 0.1) is 51.0 Å². The van der Waals surface area contributed by atoms with Crippen LogP contribution in [-0.4, -0.2) is 9.13 Å². The first-order chi connectivity index (χ1) is 23.7. The van der Waals surface area contributed by atoms with E-state index in [2.05, 4.69) is 149 Å². The van der Waals surface area contributed by atoms with Crippen molar-refractivity contribution in [3.8, 4) is 45.8 Å². The van der Waals surface area contributed by atoms with Gasteiger partial charge >= 0.3 is 0 Å². The molecule has 0 N–H and O–H groups in total. The largest absolute Gasteiger partial charge is 0.309 e. The summed E-state index contributed by atoms with van der Waals surface area (Å²) in [5.74, 6) is 0. The van der Waals surface area contributed by atoms with Gasteiger partial charge in [0, 0.05) is 32.8 Å². The van der Waals surface area contributed by atoms with Crippen LogP contribution in [0.5, 0.6) is 0 Å². The molecule has 0 saturated heterocycles. The lowest BCUT2D eigenvalue weighted by atomic mass is 9.92. The van der Waals surface area contributed by atoms with Crippen LogP contribution in [0.3, 0.4) is 0 Å². The molecule has 222 valence electrons. The minimum atomic E-state index is 0.636. The van der Waals surface area contributed by atoms with Gasteiger partial charge in [-0.05, 0) is 83.4 Å². The van der Waals surface area contributed by atoms with Crippen molar-refractivity contribution >= 4 is 43.6 Å². The Labute approximate surface area is 277 Å². The van der Waals surface area contributed by atoms with Crippen LogP contribution in [-0.2, 0) is 0 Å². The number of benzene rings is 7. The van der Waals surface area contributed by atoms with Crippen LogP contribution in [0.25, 0.3) is 77.2 Å². The van der Waals surface area contributed by atoms with E-state index in [9.17, 15) is 10.5 Å². The molecule has 0 aliphatic heterocycles. The first kappa shape index (κ1) is 27.4. The van der Waals surface area contributed by atoms with Crippen LogP contribution in [0.15, 0.2) is 158 Å². The summed E-state index contributed by atoms with van der Waals surface area (Å²) in [5.41, 5.74) is 12.2. The molecule has 0 aliphatic carbocycles. The number of fused-ring (bicyclic) bond motifs is 6. The van der Waals surface area contributed by atoms with Crippen molar-refractivity contribution in [1.82, 2.24) is 9.13 Å². The van der Waals surface area contributed by atoms with Gasteiger partial charge in [0.25, 0.3) is 0 Å². The van der Waals surface area contributed by atoms with Crippen molar-refractivity contribution in [2.45, 2.75) is 0 Å². The van der Waals surface area contributed by atoms with E-state index in [-0.39, 0.29) is 0 Å². The molecular formula is C44H26N4. The Bertz CT molecular complexity index is 2820. The second-order valence-corrected chi connectivity index (χ2v) is 12.0. The van der Waals surface area contributed by atoms with Crippen molar-refractivity contribution in [2.24, 2.45) is 0 Å². The molecule has 0 atom stereocenters. The summed E-state index contributed by atoms with van der Waals surface area (Å²) in [7, 11) is 0. The second-order valence-electron chi connectivity index (χ2n) is 12.0. The van der Waals surface area contributed by atoms with Crippen molar-refractivity contribution < 1.29 is 0 Å². The maximum atomic E-state index is 9.66. The summed E-state index contributed by atoms with van der Waals surface area (Å²) in [4.78, 5) is 0. The molecule has 2 heterocycles. The van der Waals surface area contributed by atoms with Crippen molar-refractivity contribution in [3.05, 3.63) is 169 Å². The zero-order chi connectivity index (χ0) is 32.2. The van der Waals surface area contributed by atoms with Crippen LogP contribution >= 0.6 is 0 Å². The molecule has 7 aromatic carbocycles. The van der Waals surface area contributed by atoms with E-state index in [0.717, 1.165) is 77.2 Å². The van der Waals surface area contributed by atoms with Crippen molar-refractivity contribution in [3.63, 3.8) is 0 Å². The molecule has 0 saturated carbocycles. The fourth-order valence-corrected chi connectivity index (χ4v) is 7.30. The molecule has 0 bridgehead atoms. The lowest BCUT2D eigenvalue weighted by Crippen LogP contribution is -1.98. The smallest absolute Gasteiger partial charge is 0.0992 e. The van der Waals surface area contributed by atoms with Crippen LogP contribution in [0, 0.1) is 22.7 Å². The summed E-state index contributed by atoms with van der Waals surface area (Å²) in [6, 6.07) is 59.1. The minimum Gasteiger partial charge on any atom is -0.309 e. The van der Waals surface area contributed by atoms with Crippen LogP contribution in [0.1, 0.15) is 11.1 Å². The highest BCUT2D eigenvalue weighted by molar-refractivity contribution is 6.12. The monoisotopic (exact) mass is 610 g/mol. The maximum absolute atomic E-state index is 9.66. The van der Waals surface area contributed by atoms with E-state index in [1.807, 2.05) is 30.3 Å². The topological polar surface area (TPSA) is 57.4 Å². The average molecular weight is 611 g/mol. The highest BCUT2D eigenvalue weighted by atomic mass is 15.0. The van der Waals surface area contributed by atoms with Gasteiger partial charge in [-0.25, -0.2) is 0 Å². The average Bonchev–Trinajstić information content (AvgIpc) is 3.67. The number of para-hydroxylation sites is 3. The standard InChI is InChI=1S/C44H26N4/c45-27-29-10-9-11-32(24-29)47-40-17-6-4-16-37(40)39-26-31(21-23-43(39)47)33-12-1-2-13-34(33)35-14-3-7-18-41(35)48-42-19-8-5-15-36(42)38-25-30(28-46)20-22-44(38)48/h1-26H. The molecule has 0 unspecified atom stereocenters. The van der Waals surface area contributed by atoms with Crippen LogP contribution in [0.4, 0.5) is 0 Å². The van der Waals surface area contributed by atoms with Gasteiger partial charge in [0.1, 0.15) is 0 Å². The Kier molecular flexibility index (Phi) is 6.22. The lowest BCUT2D eigenvalue weighted by molar-refractivity contribution is 1.18. The normalized spacial score (nSPS) is 11.3. The molecule has 48 heavy (non-hydrogen) atoms. The zero-order valence-electron chi connectivity index (χ0n) is 25.8. The molecule has 4 heteroatoms.